The summed E-state index contributed by atoms with van der Waals surface area (Å²) in [6, 6.07) is 5.63. The Balaban J connectivity index is 1.61. The van der Waals surface area contributed by atoms with Crippen molar-refractivity contribution in [1.29, 1.82) is 0 Å². The summed E-state index contributed by atoms with van der Waals surface area (Å²) in [4.78, 5) is 19.1. The maximum Gasteiger partial charge on any atom is 0.272 e. The Morgan fingerprint density at radius 3 is 3.14 bits per heavy atom. The highest BCUT2D eigenvalue weighted by Crippen LogP contribution is 2.43. The van der Waals surface area contributed by atoms with Gasteiger partial charge >= 0.3 is 0 Å². The third-order valence-electron chi connectivity index (χ3n) is 5.09. The number of nitrogens with zero attached hydrogens (tertiary/aromatic N) is 3. The molecule has 1 aliphatic carbocycles. The van der Waals surface area contributed by atoms with Crippen molar-refractivity contribution in [3.8, 4) is 0 Å². The van der Waals surface area contributed by atoms with Crippen molar-refractivity contribution in [2.24, 2.45) is 0 Å². The molecular formula is C17H20N4O. The van der Waals surface area contributed by atoms with E-state index >= 15 is 0 Å². The maximum absolute atomic E-state index is 12.8. The molecule has 0 aromatic carbocycles. The van der Waals surface area contributed by atoms with Crippen LogP contribution in [0.15, 0.2) is 24.4 Å². The van der Waals surface area contributed by atoms with Gasteiger partial charge in [-0.25, -0.2) is 4.98 Å². The van der Waals surface area contributed by atoms with E-state index in [1.807, 2.05) is 36.2 Å². The zero-order chi connectivity index (χ0) is 15.2. The standard InChI is InChI=1S/C17H20N4O/c1-12-4-2-5-14(19-12)16(22)21-9-3-7-17(11-21)8-6-13-10-18-20-15(13)17/h2,4-5,10H,3,6-9,11H2,1H3,(H,18,20). The highest BCUT2D eigenvalue weighted by molar-refractivity contribution is 5.92. The monoisotopic (exact) mass is 296 g/mol. The van der Waals surface area contributed by atoms with Crippen LogP contribution < -0.4 is 0 Å². The van der Waals surface area contributed by atoms with Crippen LogP contribution in [0.1, 0.15) is 46.7 Å². The van der Waals surface area contributed by atoms with Crippen molar-refractivity contribution in [2.45, 2.75) is 38.0 Å². The molecule has 2 aromatic heterocycles. The van der Waals surface area contributed by atoms with Crippen LogP contribution in [-0.2, 0) is 11.8 Å². The van der Waals surface area contributed by atoms with Gasteiger partial charge in [-0.1, -0.05) is 6.07 Å². The van der Waals surface area contributed by atoms with Gasteiger partial charge in [0.1, 0.15) is 5.69 Å². The molecule has 1 fully saturated rings. The summed E-state index contributed by atoms with van der Waals surface area (Å²) in [7, 11) is 0. The lowest BCUT2D eigenvalue weighted by Gasteiger charge is -2.40. The predicted molar refractivity (Wildman–Crippen MR) is 82.7 cm³/mol. The van der Waals surface area contributed by atoms with Crippen LogP contribution in [-0.4, -0.2) is 39.1 Å². The van der Waals surface area contributed by atoms with E-state index in [-0.39, 0.29) is 11.3 Å². The Bertz CT molecular complexity index is 723. The molecule has 5 heteroatoms. The molecule has 1 spiro atoms. The molecule has 2 aromatic rings. The highest BCUT2D eigenvalue weighted by Gasteiger charge is 2.44. The molecule has 114 valence electrons. The van der Waals surface area contributed by atoms with Crippen molar-refractivity contribution in [1.82, 2.24) is 20.1 Å². The van der Waals surface area contributed by atoms with E-state index in [0.717, 1.165) is 44.5 Å². The number of H-pyrrole nitrogens is 1. The SMILES string of the molecule is Cc1cccc(C(=O)N2CCCC3(CCc4cn[nH]c43)C2)n1. The lowest BCUT2D eigenvalue weighted by atomic mass is 9.77. The molecule has 1 atom stereocenters. The zero-order valence-corrected chi connectivity index (χ0v) is 12.8. The minimum absolute atomic E-state index is 0.0516. The summed E-state index contributed by atoms with van der Waals surface area (Å²) in [5, 5.41) is 7.38. The number of amides is 1. The number of hydrogen-bond acceptors (Lipinski definition) is 3. The first-order valence-corrected chi connectivity index (χ1v) is 7.94. The largest absolute Gasteiger partial charge is 0.336 e. The molecule has 1 aliphatic heterocycles. The third-order valence-corrected chi connectivity index (χ3v) is 5.09. The molecule has 1 unspecified atom stereocenters. The van der Waals surface area contributed by atoms with Gasteiger partial charge in [-0.2, -0.15) is 5.10 Å². The highest BCUT2D eigenvalue weighted by atomic mass is 16.2. The average Bonchev–Trinajstić information content (AvgIpc) is 3.12. The molecule has 4 rings (SSSR count). The van der Waals surface area contributed by atoms with Gasteiger partial charge in [0.05, 0.1) is 6.20 Å². The molecule has 1 N–H and O–H groups in total. The van der Waals surface area contributed by atoms with E-state index in [9.17, 15) is 4.79 Å². The number of hydrogen-bond donors (Lipinski definition) is 1. The third kappa shape index (κ3) is 2.03. The van der Waals surface area contributed by atoms with Crippen LogP contribution in [0, 0.1) is 6.92 Å². The second kappa shape index (κ2) is 4.93. The van der Waals surface area contributed by atoms with Crippen molar-refractivity contribution in [3.63, 3.8) is 0 Å². The molecule has 0 saturated carbocycles. The van der Waals surface area contributed by atoms with Gasteiger partial charge in [-0.3, -0.25) is 9.89 Å². The Kier molecular flexibility index (Phi) is 3.03. The van der Waals surface area contributed by atoms with Crippen molar-refractivity contribution < 1.29 is 4.79 Å². The molecule has 0 bridgehead atoms. The van der Waals surface area contributed by atoms with E-state index in [0.29, 0.717) is 5.69 Å². The molecule has 3 heterocycles. The maximum atomic E-state index is 12.8. The second-order valence-corrected chi connectivity index (χ2v) is 6.55. The Morgan fingerprint density at radius 1 is 1.36 bits per heavy atom. The van der Waals surface area contributed by atoms with Crippen molar-refractivity contribution in [2.75, 3.05) is 13.1 Å². The van der Waals surface area contributed by atoms with Gasteiger partial charge in [0.15, 0.2) is 0 Å². The predicted octanol–water partition coefficient (Wildman–Crippen LogP) is 2.23. The summed E-state index contributed by atoms with van der Waals surface area (Å²) in [6.07, 6.45) is 6.29. The summed E-state index contributed by atoms with van der Waals surface area (Å²) >= 11 is 0. The summed E-state index contributed by atoms with van der Waals surface area (Å²) in [6.45, 7) is 3.51. The van der Waals surface area contributed by atoms with Gasteiger partial charge in [-0.15, -0.1) is 0 Å². The Morgan fingerprint density at radius 2 is 2.27 bits per heavy atom. The number of likely N-dealkylation sites (tertiary alicyclic amines) is 1. The van der Waals surface area contributed by atoms with E-state index in [1.54, 1.807) is 0 Å². The first kappa shape index (κ1) is 13.5. The number of pyridine rings is 1. The van der Waals surface area contributed by atoms with Gasteiger partial charge in [0, 0.05) is 29.9 Å². The summed E-state index contributed by atoms with van der Waals surface area (Å²) in [5.74, 6) is 0.0516. The number of carbonyl (C=O) groups excluding carboxylic acids is 1. The van der Waals surface area contributed by atoms with Gasteiger partial charge in [0.2, 0.25) is 0 Å². The number of rotatable bonds is 1. The smallest absolute Gasteiger partial charge is 0.272 e. The summed E-state index contributed by atoms with van der Waals surface area (Å²) in [5.41, 5.74) is 4.09. The fraction of sp³-hybridized carbons (Fsp3) is 0.471. The van der Waals surface area contributed by atoms with Crippen LogP contribution in [0.25, 0.3) is 0 Å². The second-order valence-electron chi connectivity index (χ2n) is 6.55. The number of fused-ring (bicyclic) bond motifs is 2. The molecular weight excluding hydrogens is 276 g/mol. The molecule has 22 heavy (non-hydrogen) atoms. The number of carbonyl (C=O) groups is 1. The van der Waals surface area contributed by atoms with Crippen LogP contribution in [0.5, 0.6) is 0 Å². The Hall–Kier alpha value is -2.17. The minimum Gasteiger partial charge on any atom is -0.336 e. The van der Waals surface area contributed by atoms with Crippen molar-refractivity contribution in [3.05, 3.63) is 47.0 Å². The fourth-order valence-corrected chi connectivity index (χ4v) is 4.00. The van der Waals surface area contributed by atoms with Gasteiger partial charge in [0.25, 0.3) is 5.91 Å². The number of nitrogens with one attached hydrogen (secondary N) is 1. The number of aryl methyl sites for hydroxylation is 2. The van der Waals surface area contributed by atoms with Crippen LogP contribution in [0.2, 0.25) is 0 Å². The van der Waals surface area contributed by atoms with E-state index in [2.05, 4.69) is 15.2 Å². The van der Waals surface area contributed by atoms with E-state index in [1.165, 1.54) is 11.3 Å². The first-order valence-electron chi connectivity index (χ1n) is 7.94. The quantitative estimate of drug-likeness (QED) is 0.878. The van der Waals surface area contributed by atoms with E-state index < -0.39 is 0 Å². The molecule has 5 nitrogen and oxygen atoms in total. The number of piperidine rings is 1. The molecule has 1 saturated heterocycles. The van der Waals surface area contributed by atoms with Gasteiger partial charge < -0.3 is 4.90 Å². The first-order chi connectivity index (χ1) is 10.7. The Labute approximate surface area is 129 Å². The topological polar surface area (TPSA) is 61.9 Å². The van der Waals surface area contributed by atoms with Crippen LogP contribution in [0.4, 0.5) is 0 Å². The molecule has 2 aliphatic rings. The lowest BCUT2D eigenvalue weighted by Crippen LogP contribution is -2.48. The lowest BCUT2D eigenvalue weighted by molar-refractivity contribution is 0.0626. The van der Waals surface area contributed by atoms with Crippen molar-refractivity contribution >= 4 is 5.91 Å². The average molecular weight is 296 g/mol. The summed E-state index contributed by atoms with van der Waals surface area (Å²) < 4.78 is 0. The van der Waals surface area contributed by atoms with E-state index in [4.69, 9.17) is 0 Å². The fourth-order valence-electron chi connectivity index (χ4n) is 4.00. The molecule has 1 amide bonds. The van der Waals surface area contributed by atoms with Crippen LogP contribution >= 0.6 is 0 Å². The van der Waals surface area contributed by atoms with Gasteiger partial charge in [-0.05, 0) is 50.3 Å². The number of aromatic amines is 1. The normalized spacial score (nSPS) is 23.8. The molecule has 0 radical (unpaired) electrons. The zero-order valence-electron chi connectivity index (χ0n) is 12.8. The van der Waals surface area contributed by atoms with Crippen LogP contribution in [0.3, 0.4) is 0 Å². The number of aromatic nitrogens is 3. The minimum atomic E-state index is 0.0516.